The van der Waals surface area contributed by atoms with Crippen LogP contribution in [0, 0.1) is 11.3 Å². The molecular weight excluding hydrogens is 200 g/mol. The molecule has 1 saturated carbocycles. The van der Waals surface area contributed by atoms with E-state index in [2.05, 4.69) is 10.1 Å². The molecule has 1 N–H and O–H groups in total. The van der Waals surface area contributed by atoms with E-state index in [9.17, 15) is 4.79 Å². The SMILES string of the molecule is COC(=O)/C(C#N)=C(/NC1CC1)SC. The van der Waals surface area contributed by atoms with Crippen molar-refractivity contribution < 1.29 is 9.53 Å². The summed E-state index contributed by atoms with van der Waals surface area (Å²) < 4.78 is 4.52. The molecule has 76 valence electrons. The monoisotopic (exact) mass is 212 g/mol. The van der Waals surface area contributed by atoms with E-state index < -0.39 is 5.97 Å². The minimum atomic E-state index is -0.579. The number of rotatable bonds is 4. The summed E-state index contributed by atoms with van der Waals surface area (Å²) in [5.41, 5.74) is 0.0619. The van der Waals surface area contributed by atoms with E-state index in [0.29, 0.717) is 11.1 Å². The zero-order valence-electron chi connectivity index (χ0n) is 8.16. The lowest BCUT2D eigenvalue weighted by Gasteiger charge is -2.08. The Labute approximate surface area is 87.3 Å². The van der Waals surface area contributed by atoms with Crippen LogP contribution in [0.15, 0.2) is 10.6 Å². The first-order valence-corrected chi connectivity index (χ1v) is 5.48. The number of hydrogen-bond acceptors (Lipinski definition) is 5. The molecule has 4 nitrogen and oxygen atoms in total. The highest BCUT2D eigenvalue weighted by Gasteiger charge is 2.24. The van der Waals surface area contributed by atoms with Gasteiger partial charge in [0, 0.05) is 6.04 Å². The highest BCUT2D eigenvalue weighted by atomic mass is 32.2. The summed E-state index contributed by atoms with van der Waals surface area (Å²) in [6, 6.07) is 2.28. The number of thioether (sulfide) groups is 1. The molecule has 0 amide bonds. The second-order valence-corrected chi connectivity index (χ2v) is 3.75. The van der Waals surface area contributed by atoms with Crippen molar-refractivity contribution >= 4 is 17.7 Å². The Morgan fingerprint density at radius 1 is 1.64 bits per heavy atom. The number of carbonyl (C=O) groups excluding carboxylic acids is 1. The summed E-state index contributed by atoms with van der Waals surface area (Å²) in [6.07, 6.45) is 4.03. The number of nitrogens with zero attached hydrogens (tertiary/aromatic N) is 1. The highest BCUT2D eigenvalue weighted by molar-refractivity contribution is 8.02. The molecule has 1 rings (SSSR count). The van der Waals surface area contributed by atoms with Crippen molar-refractivity contribution in [2.45, 2.75) is 18.9 Å². The quantitative estimate of drug-likeness (QED) is 0.428. The average Bonchev–Trinajstić information content (AvgIpc) is 3.00. The van der Waals surface area contributed by atoms with Crippen molar-refractivity contribution in [1.82, 2.24) is 5.32 Å². The minimum absolute atomic E-state index is 0.0619. The summed E-state index contributed by atoms with van der Waals surface area (Å²) in [6.45, 7) is 0. The molecule has 0 atom stereocenters. The number of ether oxygens (including phenoxy) is 1. The summed E-state index contributed by atoms with van der Waals surface area (Å²) in [5.74, 6) is -0.579. The zero-order chi connectivity index (χ0) is 10.6. The molecule has 0 aromatic carbocycles. The van der Waals surface area contributed by atoms with Crippen LogP contribution in [0.25, 0.3) is 0 Å². The molecule has 0 aromatic heterocycles. The number of nitriles is 1. The summed E-state index contributed by atoms with van der Waals surface area (Å²) in [7, 11) is 1.27. The van der Waals surface area contributed by atoms with Gasteiger partial charge in [0.1, 0.15) is 6.07 Å². The van der Waals surface area contributed by atoms with Crippen LogP contribution in [0.1, 0.15) is 12.8 Å². The van der Waals surface area contributed by atoms with Gasteiger partial charge >= 0.3 is 5.97 Å². The summed E-state index contributed by atoms with van der Waals surface area (Å²) >= 11 is 1.36. The normalized spacial score (nSPS) is 16.6. The van der Waals surface area contributed by atoms with Gasteiger partial charge in [-0.1, -0.05) is 0 Å². The van der Waals surface area contributed by atoms with Crippen LogP contribution in [0.5, 0.6) is 0 Å². The molecule has 0 bridgehead atoms. The van der Waals surface area contributed by atoms with Gasteiger partial charge in [0.2, 0.25) is 0 Å². The molecule has 0 heterocycles. The third kappa shape index (κ3) is 2.67. The molecular formula is C9H12N2O2S. The number of carbonyl (C=O) groups is 1. The highest BCUT2D eigenvalue weighted by Crippen LogP contribution is 2.24. The topological polar surface area (TPSA) is 62.1 Å². The standard InChI is InChI=1S/C9H12N2O2S/c1-13-9(12)7(5-10)8(14-2)11-6-3-4-6/h6,11H,3-4H2,1-2H3/b8-7-. The molecule has 0 spiro atoms. The first kappa shape index (κ1) is 10.9. The molecule has 0 radical (unpaired) electrons. The number of methoxy groups -OCH3 is 1. The van der Waals surface area contributed by atoms with Crippen LogP contribution in [0.2, 0.25) is 0 Å². The Morgan fingerprint density at radius 3 is 2.64 bits per heavy atom. The van der Waals surface area contributed by atoms with Gasteiger partial charge in [-0.05, 0) is 19.1 Å². The fourth-order valence-corrected chi connectivity index (χ4v) is 1.56. The number of nitrogens with one attached hydrogen (secondary N) is 1. The first-order valence-electron chi connectivity index (χ1n) is 4.26. The van der Waals surface area contributed by atoms with Crippen LogP contribution in [0.3, 0.4) is 0 Å². The number of esters is 1. The van der Waals surface area contributed by atoms with E-state index in [0.717, 1.165) is 12.8 Å². The third-order valence-electron chi connectivity index (χ3n) is 1.85. The Hall–Kier alpha value is -1.15. The predicted molar refractivity (Wildman–Crippen MR) is 54.3 cm³/mol. The van der Waals surface area contributed by atoms with Gasteiger partial charge in [-0.2, -0.15) is 5.26 Å². The van der Waals surface area contributed by atoms with E-state index in [1.165, 1.54) is 18.9 Å². The van der Waals surface area contributed by atoms with Crippen LogP contribution in [-0.4, -0.2) is 25.4 Å². The maximum Gasteiger partial charge on any atom is 0.351 e. The van der Waals surface area contributed by atoms with Crippen LogP contribution < -0.4 is 5.32 Å². The van der Waals surface area contributed by atoms with Gasteiger partial charge in [-0.3, -0.25) is 0 Å². The molecule has 0 aromatic rings. The van der Waals surface area contributed by atoms with Crippen LogP contribution in [-0.2, 0) is 9.53 Å². The van der Waals surface area contributed by atoms with E-state index in [1.54, 1.807) is 0 Å². The van der Waals surface area contributed by atoms with Crippen LogP contribution >= 0.6 is 11.8 Å². The van der Waals surface area contributed by atoms with E-state index in [1.807, 2.05) is 12.3 Å². The molecule has 1 fully saturated rings. The van der Waals surface area contributed by atoms with Gasteiger partial charge in [0.15, 0.2) is 5.57 Å². The van der Waals surface area contributed by atoms with Gasteiger partial charge < -0.3 is 10.1 Å². The predicted octanol–water partition coefficient (Wildman–Crippen LogP) is 1.01. The molecule has 5 heteroatoms. The molecule has 14 heavy (non-hydrogen) atoms. The second kappa shape index (κ2) is 4.91. The summed E-state index contributed by atoms with van der Waals surface area (Å²) in [4.78, 5) is 11.2. The van der Waals surface area contributed by atoms with Crippen LogP contribution in [0.4, 0.5) is 0 Å². The largest absolute Gasteiger partial charge is 0.465 e. The van der Waals surface area contributed by atoms with Crippen molar-refractivity contribution in [1.29, 1.82) is 5.26 Å². The molecule has 1 aliphatic rings. The Morgan fingerprint density at radius 2 is 2.29 bits per heavy atom. The number of hydrogen-bond donors (Lipinski definition) is 1. The van der Waals surface area contributed by atoms with E-state index in [-0.39, 0.29) is 5.57 Å². The van der Waals surface area contributed by atoms with E-state index in [4.69, 9.17) is 5.26 Å². The Kier molecular flexibility index (Phi) is 3.84. The average molecular weight is 212 g/mol. The molecule has 0 unspecified atom stereocenters. The smallest absolute Gasteiger partial charge is 0.351 e. The van der Waals surface area contributed by atoms with Gasteiger partial charge in [0.25, 0.3) is 0 Å². The molecule has 0 aliphatic heterocycles. The van der Waals surface area contributed by atoms with Crippen molar-refractivity contribution in [3.05, 3.63) is 10.6 Å². The third-order valence-corrected chi connectivity index (χ3v) is 2.58. The van der Waals surface area contributed by atoms with Gasteiger partial charge in [-0.25, -0.2) is 4.79 Å². The lowest BCUT2D eigenvalue weighted by Crippen LogP contribution is -2.18. The van der Waals surface area contributed by atoms with Crippen molar-refractivity contribution in [3.63, 3.8) is 0 Å². The van der Waals surface area contributed by atoms with Crippen molar-refractivity contribution in [2.24, 2.45) is 0 Å². The fraction of sp³-hybridized carbons (Fsp3) is 0.556. The lowest BCUT2D eigenvalue weighted by molar-refractivity contribution is -0.135. The molecule has 1 aliphatic carbocycles. The maximum absolute atomic E-state index is 11.2. The Bertz CT molecular complexity index is 302. The summed E-state index contributed by atoms with van der Waals surface area (Å²) in [5, 5.41) is 12.5. The minimum Gasteiger partial charge on any atom is -0.465 e. The van der Waals surface area contributed by atoms with E-state index >= 15 is 0 Å². The zero-order valence-corrected chi connectivity index (χ0v) is 8.98. The molecule has 0 saturated heterocycles. The van der Waals surface area contributed by atoms with Crippen molar-refractivity contribution in [2.75, 3.05) is 13.4 Å². The van der Waals surface area contributed by atoms with Gasteiger partial charge in [-0.15, -0.1) is 11.8 Å². The maximum atomic E-state index is 11.2. The Balaban J connectivity index is 2.80. The lowest BCUT2D eigenvalue weighted by atomic mass is 10.3. The second-order valence-electron chi connectivity index (χ2n) is 2.93. The first-order chi connectivity index (χ1) is 6.72. The van der Waals surface area contributed by atoms with Crippen molar-refractivity contribution in [3.8, 4) is 6.07 Å². The fourth-order valence-electron chi connectivity index (χ4n) is 0.937. The van der Waals surface area contributed by atoms with Gasteiger partial charge in [0.05, 0.1) is 12.1 Å².